The molecule has 0 atom stereocenters. The van der Waals surface area contributed by atoms with Gasteiger partial charge in [-0.2, -0.15) is 13.2 Å². The Labute approximate surface area is 95.5 Å². The molecule has 0 aliphatic carbocycles. The smallest absolute Gasteiger partial charge is 0.245 e. The third kappa shape index (κ3) is 2.02. The summed E-state index contributed by atoms with van der Waals surface area (Å²) >= 11 is 0. The van der Waals surface area contributed by atoms with E-state index < -0.39 is 21.8 Å². The van der Waals surface area contributed by atoms with Crippen molar-refractivity contribution in [3.63, 3.8) is 0 Å². The predicted octanol–water partition coefficient (Wildman–Crippen LogP) is 2.47. The van der Waals surface area contributed by atoms with Gasteiger partial charge in [0.05, 0.1) is 17.3 Å². The van der Waals surface area contributed by atoms with Crippen LogP contribution in [0.2, 0.25) is 0 Å². The molecule has 0 unspecified atom stereocenters. The quantitative estimate of drug-likeness (QED) is 0.792. The first kappa shape index (κ1) is 12.0. The zero-order chi connectivity index (χ0) is 12.8. The maximum Gasteiger partial charge on any atom is 0.418 e. The second-order valence-corrected chi connectivity index (χ2v) is 5.48. The number of hydrogen-bond donors (Lipinski definition) is 0. The first-order valence-corrected chi connectivity index (χ1v) is 6.44. The Bertz CT molecular complexity index is 670. The number of benzene rings is 1. The molecule has 0 amide bonds. The molecule has 0 spiro atoms. The van der Waals surface area contributed by atoms with E-state index in [4.69, 9.17) is 0 Å². The molecule has 92 valence electrons. The van der Waals surface area contributed by atoms with Crippen molar-refractivity contribution in [1.29, 1.82) is 0 Å². The van der Waals surface area contributed by atoms with Crippen molar-refractivity contribution in [3.8, 4) is 0 Å². The first-order chi connectivity index (χ1) is 7.71. The molecule has 0 bridgehead atoms. The van der Waals surface area contributed by atoms with Crippen molar-refractivity contribution < 1.29 is 21.6 Å². The van der Waals surface area contributed by atoms with Gasteiger partial charge < -0.3 is 0 Å². The first-order valence-electron chi connectivity index (χ1n) is 4.59. The van der Waals surface area contributed by atoms with Crippen LogP contribution in [0, 0.1) is 0 Å². The van der Waals surface area contributed by atoms with Crippen LogP contribution in [0.3, 0.4) is 0 Å². The van der Waals surface area contributed by atoms with Crippen molar-refractivity contribution >= 4 is 20.9 Å². The summed E-state index contributed by atoms with van der Waals surface area (Å²) in [6, 6.07) is 4.89. The summed E-state index contributed by atoms with van der Waals surface area (Å²) in [6.07, 6.45) is -2.60. The van der Waals surface area contributed by atoms with Crippen LogP contribution in [-0.2, 0) is 16.2 Å². The van der Waals surface area contributed by atoms with Gasteiger partial charge in [0.2, 0.25) is 10.0 Å². The molecule has 0 radical (unpaired) electrons. The molecular formula is C10H8F3NO2S. The number of halogens is 3. The number of rotatable bonds is 1. The van der Waals surface area contributed by atoms with E-state index in [-0.39, 0.29) is 10.9 Å². The van der Waals surface area contributed by atoms with E-state index in [0.717, 1.165) is 18.5 Å². The minimum absolute atomic E-state index is 0.241. The van der Waals surface area contributed by atoms with Gasteiger partial charge in [-0.05, 0) is 12.1 Å². The molecule has 2 rings (SSSR count). The molecule has 7 heteroatoms. The Morgan fingerprint density at radius 1 is 1.18 bits per heavy atom. The Morgan fingerprint density at radius 3 is 2.35 bits per heavy atom. The molecule has 0 fully saturated rings. The SMILES string of the molecule is CS(=O)(=O)n1ccc2cccc(C(F)(F)F)c21. The molecule has 0 aliphatic rings. The maximum absolute atomic E-state index is 12.8. The molecule has 2 aromatic rings. The summed E-state index contributed by atoms with van der Waals surface area (Å²) in [5, 5.41) is 0.241. The second kappa shape index (κ2) is 3.49. The second-order valence-electron chi connectivity index (χ2n) is 3.62. The van der Waals surface area contributed by atoms with E-state index in [9.17, 15) is 21.6 Å². The van der Waals surface area contributed by atoms with E-state index >= 15 is 0 Å². The average Bonchev–Trinajstić information content (AvgIpc) is 2.57. The van der Waals surface area contributed by atoms with E-state index in [0.29, 0.717) is 3.97 Å². The van der Waals surface area contributed by atoms with E-state index in [1.807, 2.05) is 0 Å². The van der Waals surface area contributed by atoms with Gasteiger partial charge >= 0.3 is 6.18 Å². The monoisotopic (exact) mass is 263 g/mol. The molecule has 1 heterocycles. The van der Waals surface area contributed by atoms with Gasteiger partial charge in [0.15, 0.2) is 0 Å². The summed E-state index contributed by atoms with van der Waals surface area (Å²) in [4.78, 5) is 0. The summed E-state index contributed by atoms with van der Waals surface area (Å²) in [7, 11) is -3.75. The fraction of sp³-hybridized carbons (Fsp3) is 0.200. The number of fused-ring (bicyclic) bond motifs is 1. The van der Waals surface area contributed by atoms with Gasteiger partial charge in [0, 0.05) is 11.6 Å². The van der Waals surface area contributed by atoms with Crippen LogP contribution in [0.25, 0.3) is 10.9 Å². The third-order valence-electron chi connectivity index (χ3n) is 2.34. The lowest BCUT2D eigenvalue weighted by Gasteiger charge is -2.10. The van der Waals surface area contributed by atoms with Crippen LogP contribution >= 0.6 is 0 Å². The van der Waals surface area contributed by atoms with Crippen LogP contribution in [0.5, 0.6) is 0 Å². The molecule has 0 aliphatic heterocycles. The molecule has 3 nitrogen and oxygen atoms in total. The van der Waals surface area contributed by atoms with Gasteiger partial charge in [0.25, 0.3) is 0 Å². The third-order valence-corrected chi connectivity index (χ3v) is 3.36. The summed E-state index contributed by atoms with van der Waals surface area (Å²) < 4.78 is 61.7. The fourth-order valence-electron chi connectivity index (χ4n) is 1.67. The zero-order valence-electron chi connectivity index (χ0n) is 8.69. The van der Waals surface area contributed by atoms with Crippen LogP contribution < -0.4 is 0 Å². The molecule has 0 N–H and O–H groups in total. The van der Waals surface area contributed by atoms with E-state index in [2.05, 4.69) is 0 Å². The van der Waals surface area contributed by atoms with Crippen LogP contribution in [0.4, 0.5) is 13.2 Å². The van der Waals surface area contributed by atoms with Crippen molar-refractivity contribution in [2.24, 2.45) is 0 Å². The zero-order valence-corrected chi connectivity index (χ0v) is 9.51. The highest BCUT2D eigenvalue weighted by atomic mass is 32.2. The van der Waals surface area contributed by atoms with Gasteiger partial charge in [0.1, 0.15) is 0 Å². The largest absolute Gasteiger partial charge is 0.418 e. The van der Waals surface area contributed by atoms with E-state index in [1.54, 1.807) is 0 Å². The highest BCUT2D eigenvalue weighted by molar-refractivity contribution is 7.89. The minimum Gasteiger partial charge on any atom is -0.245 e. The maximum atomic E-state index is 12.8. The highest BCUT2D eigenvalue weighted by Gasteiger charge is 2.34. The van der Waals surface area contributed by atoms with Crippen LogP contribution in [0.15, 0.2) is 30.5 Å². The fourth-order valence-corrected chi connectivity index (χ4v) is 2.49. The van der Waals surface area contributed by atoms with Crippen molar-refractivity contribution in [2.75, 3.05) is 6.26 Å². The lowest BCUT2D eigenvalue weighted by Crippen LogP contribution is -2.13. The normalized spacial score (nSPS) is 13.2. The van der Waals surface area contributed by atoms with Gasteiger partial charge in [-0.15, -0.1) is 0 Å². The number of alkyl halides is 3. The Balaban J connectivity index is 2.92. The standard InChI is InChI=1S/C10H8F3NO2S/c1-17(15,16)14-6-5-7-3-2-4-8(9(7)14)10(11,12)13/h2-6H,1H3. The Kier molecular flexibility index (Phi) is 2.46. The summed E-state index contributed by atoms with van der Waals surface area (Å²) in [5.41, 5.74) is -1.28. The highest BCUT2D eigenvalue weighted by Crippen LogP contribution is 2.35. The molecule has 17 heavy (non-hydrogen) atoms. The molecule has 1 aromatic heterocycles. The Hall–Kier alpha value is -1.50. The summed E-state index contributed by atoms with van der Waals surface area (Å²) in [5.74, 6) is 0. The Morgan fingerprint density at radius 2 is 1.82 bits per heavy atom. The predicted molar refractivity (Wildman–Crippen MR) is 57.2 cm³/mol. The lowest BCUT2D eigenvalue weighted by molar-refractivity contribution is -0.136. The van der Waals surface area contributed by atoms with Gasteiger partial charge in [-0.3, -0.25) is 0 Å². The topological polar surface area (TPSA) is 39.1 Å². The van der Waals surface area contributed by atoms with Crippen molar-refractivity contribution in [1.82, 2.24) is 3.97 Å². The molecule has 0 saturated carbocycles. The molecule has 0 saturated heterocycles. The van der Waals surface area contributed by atoms with Crippen molar-refractivity contribution in [3.05, 3.63) is 36.0 Å². The van der Waals surface area contributed by atoms with Crippen molar-refractivity contribution in [2.45, 2.75) is 6.18 Å². The van der Waals surface area contributed by atoms with Crippen LogP contribution in [-0.4, -0.2) is 18.6 Å². The lowest BCUT2D eigenvalue weighted by atomic mass is 10.1. The van der Waals surface area contributed by atoms with Gasteiger partial charge in [-0.1, -0.05) is 12.1 Å². The summed E-state index contributed by atoms with van der Waals surface area (Å²) in [6.45, 7) is 0. The van der Waals surface area contributed by atoms with Crippen LogP contribution in [0.1, 0.15) is 5.56 Å². The van der Waals surface area contributed by atoms with E-state index in [1.165, 1.54) is 18.2 Å². The molecule has 1 aromatic carbocycles. The number of para-hydroxylation sites is 1. The average molecular weight is 263 g/mol. The minimum atomic E-state index is -4.58. The van der Waals surface area contributed by atoms with Gasteiger partial charge in [-0.25, -0.2) is 12.4 Å². The number of hydrogen-bond acceptors (Lipinski definition) is 2. The molecular weight excluding hydrogens is 255 g/mol. The number of aromatic nitrogens is 1. The number of nitrogens with zero attached hydrogens (tertiary/aromatic N) is 1.